The third-order valence-electron chi connectivity index (χ3n) is 5.19. The molecule has 1 aromatic carbocycles. The first-order chi connectivity index (χ1) is 10.3. The SMILES string of the molecule is COc1cc(C)c(S(=O)(=O)N2CC3CCC(N)C3C2)cc1C. The quantitative estimate of drug-likeness (QED) is 0.918. The van der Waals surface area contributed by atoms with Gasteiger partial charge in [0.05, 0.1) is 12.0 Å². The third-order valence-corrected chi connectivity index (χ3v) is 7.16. The fourth-order valence-electron chi connectivity index (χ4n) is 3.86. The van der Waals surface area contributed by atoms with Crippen LogP contribution in [0.3, 0.4) is 0 Å². The number of hydrogen-bond donors (Lipinski definition) is 1. The summed E-state index contributed by atoms with van der Waals surface area (Å²) < 4.78 is 32.9. The molecule has 2 fully saturated rings. The number of ether oxygens (including phenoxy) is 1. The number of nitrogens with two attached hydrogens (primary N) is 1. The lowest BCUT2D eigenvalue weighted by Gasteiger charge is -2.20. The lowest BCUT2D eigenvalue weighted by atomic mass is 9.98. The van der Waals surface area contributed by atoms with Gasteiger partial charge >= 0.3 is 0 Å². The van der Waals surface area contributed by atoms with E-state index in [1.54, 1.807) is 23.5 Å². The van der Waals surface area contributed by atoms with Gasteiger partial charge in [0.1, 0.15) is 5.75 Å². The maximum Gasteiger partial charge on any atom is 0.243 e. The topological polar surface area (TPSA) is 72.6 Å². The minimum Gasteiger partial charge on any atom is -0.496 e. The summed E-state index contributed by atoms with van der Waals surface area (Å²) in [6.45, 7) is 4.84. The van der Waals surface area contributed by atoms with Crippen molar-refractivity contribution in [3.05, 3.63) is 23.3 Å². The van der Waals surface area contributed by atoms with Crippen molar-refractivity contribution >= 4 is 10.0 Å². The van der Waals surface area contributed by atoms with E-state index in [4.69, 9.17) is 10.5 Å². The molecular formula is C16H24N2O3S. The number of fused-ring (bicyclic) bond motifs is 1. The van der Waals surface area contributed by atoms with Crippen molar-refractivity contribution in [3.63, 3.8) is 0 Å². The second kappa shape index (κ2) is 5.51. The van der Waals surface area contributed by atoms with Crippen LogP contribution in [0.5, 0.6) is 5.75 Å². The van der Waals surface area contributed by atoms with Crippen LogP contribution >= 0.6 is 0 Å². The van der Waals surface area contributed by atoms with Crippen LogP contribution in [-0.4, -0.2) is 39.0 Å². The minimum absolute atomic E-state index is 0.143. The van der Waals surface area contributed by atoms with Crippen molar-refractivity contribution in [2.75, 3.05) is 20.2 Å². The first kappa shape index (κ1) is 15.8. The predicted molar refractivity (Wildman–Crippen MR) is 85.4 cm³/mol. The number of methoxy groups -OCH3 is 1. The molecule has 1 saturated heterocycles. The number of nitrogens with zero attached hydrogens (tertiary/aromatic N) is 1. The van der Waals surface area contributed by atoms with Gasteiger partial charge in [-0.15, -0.1) is 0 Å². The van der Waals surface area contributed by atoms with Crippen molar-refractivity contribution in [3.8, 4) is 5.75 Å². The van der Waals surface area contributed by atoms with Crippen LogP contribution in [-0.2, 0) is 10.0 Å². The molecule has 22 heavy (non-hydrogen) atoms. The molecule has 1 heterocycles. The zero-order valence-corrected chi connectivity index (χ0v) is 14.2. The lowest BCUT2D eigenvalue weighted by molar-refractivity contribution is 0.410. The van der Waals surface area contributed by atoms with Gasteiger partial charge in [-0.2, -0.15) is 4.31 Å². The highest BCUT2D eigenvalue weighted by atomic mass is 32.2. The second-order valence-corrected chi connectivity index (χ2v) is 8.48. The molecule has 122 valence electrons. The van der Waals surface area contributed by atoms with Gasteiger partial charge < -0.3 is 10.5 Å². The maximum absolute atomic E-state index is 13.0. The largest absolute Gasteiger partial charge is 0.496 e. The number of hydrogen-bond acceptors (Lipinski definition) is 4. The van der Waals surface area contributed by atoms with Gasteiger partial charge in [0.15, 0.2) is 0 Å². The minimum atomic E-state index is -3.46. The van der Waals surface area contributed by atoms with Gasteiger partial charge in [-0.05, 0) is 61.8 Å². The average Bonchev–Trinajstić information content (AvgIpc) is 3.04. The third kappa shape index (κ3) is 2.43. The van der Waals surface area contributed by atoms with Crippen molar-refractivity contribution < 1.29 is 13.2 Å². The first-order valence-electron chi connectivity index (χ1n) is 7.75. The van der Waals surface area contributed by atoms with Crippen LogP contribution < -0.4 is 10.5 Å². The van der Waals surface area contributed by atoms with E-state index in [-0.39, 0.29) is 6.04 Å². The molecule has 3 atom stereocenters. The van der Waals surface area contributed by atoms with Crippen LogP contribution in [0, 0.1) is 25.7 Å². The Labute approximate surface area is 132 Å². The standard InChI is InChI=1S/C16H24N2O3S/c1-10-7-16(11(2)6-15(10)21-3)22(19,20)18-8-12-4-5-14(17)13(12)9-18/h6-7,12-14H,4-5,8-9,17H2,1-3H3. The molecule has 6 heteroatoms. The predicted octanol–water partition coefficient (Wildman–Crippen LogP) is 1.67. The fraction of sp³-hybridized carbons (Fsp3) is 0.625. The molecule has 1 aromatic rings. The van der Waals surface area contributed by atoms with Crippen LogP contribution in [0.25, 0.3) is 0 Å². The molecule has 0 aromatic heterocycles. The summed E-state index contributed by atoms with van der Waals surface area (Å²) in [6, 6.07) is 3.66. The Morgan fingerprint density at radius 3 is 2.55 bits per heavy atom. The normalized spacial score (nSPS) is 28.8. The Morgan fingerprint density at radius 1 is 1.18 bits per heavy atom. The number of aryl methyl sites for hydroxylation is 2. The van der Waals surface area contributed by atoms with E-state index in [9.17, 15) is 8.42 Å². The maximum atomic E-state index is 13.0. The fourth-order valence-corrected chi connectivity index (χ4v) is 5.69. The Balaban J connectivity index is 1.93. The molecule has 1 saturated carbocycles. The van der Waals surface area contributed by atoms with E-state index in [0.29, 0.717) is 29.8 Å². The van der Waals surface area contributed by atoms with E-state index < -0.39 is 10.0 Å². The first-order valence-corrected chi connectivity index (χ1v) is 9.19. The van der Waals surface area contributed by atoms with E-state index in [2.05, 4.69) is 0 Å². The molecular weight excluding hydrogens is 300 g/mol. The molecule has 3 unspecified atom stereocenters. The average molecular weight is 324 g/mol. The van der Waals surface area contributed by atoms with Crippen molar-refractivity contribution in [1.29, 1.82) is 0 Å². The Kier molecular flexibility index (Phi) is 3.95. The molecule has 1 aliphatic heterocycles. The molecule has 0 spiro atoms. The van der Waals surface area contributed by atoms with Gasteiger partial charge in [-0.1, -0.05) is 0 Å². The van der Waals surface area contributed by atoms with Gasteiger partial charge in [-0.3, -0.25) is 0 Å². The summed E-state index contributed by atoms with van der Waals surface area (Å²) in [5, 5.41) is 0. The van der Waals surface area contributed by atoms with E-state index in [0.717, 1.165) is 29.7 Å². The second-order valence-electron chi connectivity index (χ2n) is 6.57. The Morgan fingerprint density at radius 2 is 1.91 bits per heavy atom. The molecule has 0 amide bonds. The summed E-state index contributed by atoms with van der Waals surface area (Å²) in [5.41, 5.74) is 7.68. The van der Waals surface area contributed by atoms with Crippen LogP contribution in [0.1, 0.15) is 24.0 Å². The van der Waals surface area contributed by atoms with Crippen molar-refractivity contribution in [1.82, 2.24) is 4.31 Å². The van der Waals surface area contributed by atoms with Gasteiger partial charge in [0, 0.05) is 19.1 Å². The van der Waals surface area contributed by atoms with E-state index in [1.807, 2.05) is 13.8 Å². The number of rotatable bonds is 3. The monoisotopic (exact) mass is 324 g/mol. The molecule has 1 aliphatic carbocycles. The smallest absolute Gasteiger partial charge is 0.243 e. The van der Waals surface area contributed by atoms with Crippen LogP contribution in [0.15, 0.2) is 17.0 Å². The number of benzene rings is 1. The lowest BCUT2D eigenvalue weighted by Crippen LogP contribution is -2.33. The van der Waals surface area contributed by atoms with Gasteiger partial charge in [0.2, 0.25) is 10.0 Å². The van der Waals surface area contributed by atoms with E-state index in [1.165, 1.54) is 0 Å². The number of sulfonamides is 1. The summed E-state index contributed by atoms with van der Waals surface area (Å²) >= 11 is 0. The van der Waals surface area contributed by atoms with Crippen molar-refractivity contribution in [2.45, 2.75) is 37.6 Å². The molecule has 2 aliphatic rings. The van der Waals surface area contributed by atoms with Gasteiger partial charge in [0.25, 0.3) is 0 Å². The molecule has 0 bridgehead atoms. The molecule has 0 radical (unpaired) electrons. The van der Waals surface area contributed by atoms with Crippen molar-refractivity contribution in [2.24, 2.45) is 17.6 Å². The Hall–Kier alpha value is -1.11. The van der Waals surface area contributed by atoms with Gasteiger partial charge in [-0.25, -0.2) is 8.42 Å². The summed E-state index contributed by atoms with van der Waals surface area (Å²) in [5.74, 6) is 1.45. The van der Waals surface area contributed by atoms with Crippen LogP contribution in [0.4, 0.5) is 0 Å². The van der Waals surface area contributed by atoms with Crippen LogP contribution in [0.2, 0.25) is 0 Å². The molecule has 2 N–H and O–H groups in total. The molecule has 3 rings (SSSR count). The molecule has 5 nitrogen and oxygen atoms in total. The summed E-state index contributed by atoms with van der Waals surface area (Å²) in [7, 11) is -1.86. The van der Waals surface area contributed by atoms with E-state index >= 15 is 0 Å². The Bertz CT molecular complexity index is 687. The zero-order chi connectivity index (χ0) is 16.1. The highest BCUT2D eigenvalue weighted by molar-refractivity contribution is 7.89. The highest BCUT2D eigenvalue weighted by Crippen LogP contribution is 2.40. The summed E-state index contributed by atoms with van der Waals surface area (Å²) in [6.07, 6.45) is 2.06. The zero-order valence-electron chi connectivity index (χ0n) is 13.4. The highest BCUT2D eigenvalue weighted by Gasteiger charge is 2.45. The summed E-state index contributed by atoms with van der Waals surface area (Å²) in [4.78, 5) is 0.388.